The number of rotatable bonds is 5. The van der Waals surface area contributed by atoms with Gasteiger partial charge in [0.1, 0.15) is 0 Å². The molecule has 0 unspecified atom stereocenters. The van der Waals surface area contributed by atoms with Crippen LogP contribution >= 0.6 is 11.3 Å². The first-order valence-electron chi connectivity index (χ1n) is 9.49. The minimum atomic E-state index is 0.312. The maximum absolute atomic E-state index is 12.9. The van der Waals surface area contributed by atoms with Gasteiger partial charge in [-0.15, -0.1) is 11.3 Å². The SMILES string of the molecule is Cc1ncsc1CCC(=O)N1C[C@@H]2CC[C@H]1CN(Cc1ccccn1)C2. The van der Waals surface area contributed by atoms with Crippen LogP contribution in [0.4, 0.5) is 0 Å². The van der Waals surface area contributed by atoms with Gasteiger partial charge in [-0.25, -0.2) is 4.98 Å². The molecule has 2 bridgehead atoms. The van der Waals surface area contributed by atoms with Crippen LogP contribution in [-0.4, -0.2) is 51.4 Å². The van der Waals surface area contributed by atoms with E-state index < -0.39 is 0 Å². The molecule has 0 saturated carbocycles. The molecule has 0 radical (unpaired) electrons. The average Bonchev–Trinajstić information content (AvgIpc) is 2.87. The molecule has 0 spiro atoms. The molecule has 2 aromatic heterocycles. The molecule has 26 heavy (non-hydrogen) atoms. The van der Waals surface area contributed by atoms with Crippen LogP contribution in [0.2, 0.25) is 0 Å². The zero-order valence-electron chi connectivity index (χ0n) is 15.3. The number of fused-ring (bicyclic) bond motifs is 4. The van der Waals surface area contributed by atoms with Gasteiger partial charge >= 0.3 is 0 Å². The van der Waals surface area contributed by atoms with Crippen LogP contribution in [0.1, 0.15) is 35.5 Å². The van der Waals surface area contributed by atoms with Gasteiger partial charge in [-0.2, -0.15) is 0 Å². The van der Waals surface area contributed by atoms with E-state index in [2.05, 4.69) is 25.8 Å². The van der Waals surface area contributed by atoms with Crippen molar-refractivity contribution in [3.63, 3.8) is 0 Å². The molecule has 138 valence electrons. The number of aryl methyl sites for hydroxylation is 2. The molecule has 3 fully saturated rings. The van der Waals surface area contributed by atoms with E-state index in [9.17, 15) is 4.79 Å². The summed E-state index contributed by atoms with van der Waals surface area (Å²) in [5, 5.41) is 0. The molecule has 2 atom stereocenters. The molecule has 5 rings (SSSR count). The summed E-state index contributed by atoms with van der Waals surface area (Å²) in [5.74, 6) is 0.902. The summed E-state index contributed by atoms with van der Waals surface area (Å²) in [7, 11) is 0. The molecule has 3 saturated heterocycles. The normalized spacial score (nSPS) is 23.2. The second-order valence-corrected chi connectivity index (χ2v) is 8.46. The molecule has 3 aliphatic rings. The fraction of sp³-hybridized carbons (Fsp3) is 0.550. The molecule has 0 aliphatic carbocycles. The van der Waals surface area contributed by atoms with Gasteiger partial charge in [-0.05, 0) is 44.2 Å². The topological polar surface area (TPSA) is 49.3 Å². The summed E-state index contributed by atoms with van der Waals surface area (Å²) in [6.45, 7) is 5.88. The largest absolute Gasteiger partial charge is 0.338 e. The van der Waals surface area contributed by atoms with Gasteiger partial charge in [-0.1, -0.05) is 6.07 Å². The Morgan fingerprint density at radius 3 is 2.92 bits per heavy atom. The van der Waals surface area contributed by atoms with Gasteiger partial charge in [0.05, 0.1) is 16.9 Å². The summed E-state index contributed by atoms with van der Waals surface area (Å²) in [6.07, 6.45) is 5.65. The van der Waals surface area contributed by atoms with Gasteiger partial charge in [0.25, 0.3) is 0 Å². The molecule has 2 aromatic rings. The van der Waals surface area contributed by atoms with Crippen LogP contribution in [0.5, 0.6) is 0 Å². The second kappa shape index (κ2) is 7.84. The number of carbonyl (C=O) groups is 1. The minimum Gasteiger partial charge on any atom is -0.338 e. The number of thiazole rings is 1. The van der Waals surface area contributed by atoms with Crippen LogP contribution < -0.4 is 0 Å². The Morgan fingerprint density at radius 2 is 2.15 bits per heavy atom. The average molecular weight is 371 g/mol. The first-order valence-corrected chi connectivity index (χ1v) is 10.4. The van der Waals surface area contributed by atoms with E-state index >= 15 is 0 Å². The molecule has 5 nitrogen and oxygen atoms in total. The Bertz CT molecular complexity index is 747. The van der Waals surface area contributed by atoms with Gasteiger partial charge in [0.2, 0.25) is 5.91 Å². The van der Waals surface area contributed by atoms with Crippen molar-refractivity contribution in [2.24, 2.45) is 5.92 Å². The van der Waals surface area contributed by atoms with E-state index in [0.29, 0.717) is 24.3 Å². The van der Waals surface area contributed by atoms with E-state index in [4.69, 9.17) is 0 Å². The van der Waals surface area contributed by atoms with Crippen LogP contribution in [0.3, 0.4) is 0 Å². The monoisotopic (exact) mass is 370 g/mol. The first-order chi connectivity index (χ1) is 12.7. The predicted molar refractivity (Wildman–Crippen MR) is 103 cm³/mol. The highest BCUT2D eigenvalue weighted by Crippen LogP contribution is 2.29. The Kier molecular flexibility index (Phi) is 5.31. The summed E-state index contributed by atoms with van der Waals surface area (Å²) in [5.41, 5.74) is 4.06. The Balaban J connectivity index is 1.38. The maximum atomic E-state index is 12.9. The number of amides is 1. The van der Waals surface area contributed by atoms with Gasteiger partial charge in [0.15, 0.2) is 0 Å². The van der Waals surface area contributed by atoms with Crippen LogP contribution in [-0.2, 0) is 17.8 Å². The predicted octanol–water partition coefficient (Wildman–Crippen LogP) is 2.90. The first kappa shape index (κ1) is 17.6. The quantitative estimate of drug-likeness (QED) is 0.812. The molecule has 5 heterocycles. The molecule has 6 heteroatoms. The molecule has 0 aromatic carbocycles. The Labute approximate surface area is 159 Å². The Morgan fingerprint density at radius 1 is 1.23 bits per heavy atom. The maximum Gasteiger partial charge on any atom is 0.223 e. The van der Waals surface area contributed by atoms with E-state index in [0.717, 1.165) is 50.4 Å². The number of pyridine rings is 1. The highest BCUT2D eigenvalue weighted by molar-refractivity contribution is 7.09. The fourth-order valence-corrected chi connectivity index (χ4v) is 5.05. The number of hydrogen-bond acceptors (Lipinski definition) is 5. The van der Waals surface area contributed by atoms with Crippen molar-refractivity contribution in [2.45, 2.75) is 45.2 Å². The number of piperidine rings is 1. The lowest BCUT2D eigenvalue weighted by atomic mass is 9.94. The van der Waals surface area contributed by atoms with E-state index in [1.165, 1.54) is 11.3 Å². The van der Waals surface area contributed by atoms with Crippen molar-refractivity contribution in [3.05, 3.63) is 46.2 Å². The Hall–Kier alpha value is -1.79. The molecule has 3 aliphatic heterocycles. The highest BCUT2D eigenvalue weighted by atomic mass is 32.1. The molecular weight excluding hydrogens is 344 g/mol. The van der Waals surface area contributed by atoms with Crippen molar-refractivity contribution in [1.82, 2.24) is 19.8 Å². The van der Waals surface area contributed by atoms with Crippen molar-refractivity contribution in [1.29, 1.82) is 0 Å². The minimum absolute atomic E-state index is 0.312. The molecular formula is C20H26N4OS. The summed E-state index contributed by atoms with van der Waals surface area (Å²) in [4.78, 5) is 27.6. The fourth-order valence-electron chi connectivity index (χ4n) is 4.26. The third-order valence-corrected chi connectivity index (χ3v) is 6.63. The zero-order valence-corrected chi connectivity index (χ0v) is 16.1. The van der Waals surface area contributed by atoms with Gasteiger partial charge in [-0.3, -0.25) is 14.7 Å². The lowest BCUT2D eigenvalue weighted by Gasteiger charge is -2.36. The number of aromatic nitrogens is 2. The third kappa shape index (κ3) is 3.96. The van der Waals surface area contributed by atoms with Crippen LogP contribution in [0.25, 0.3) is 0 Å². The second-order valence-electron chi connectivity index (χ2n) is 7.52. The molecule has 0 N–H and O–H groups in total. The van der Waals surface area contributed by atoms with Crippen molar-refractivity contribution >= 4 is 17.2 Å². The lowest BCUT2D eigenvalue weighted by molar-refractivity contribution is -0.135. The summed E-state index contributed by atoms with van der Waals surface area (Å²) in [6, 6.07) is 6.45. The van der Waals surface area contributed by atoms with Crippen LogP contribution in [0, 0.1) is 12.8 Å². The van der Waals surface area contributed by atoms with Gasteiger partial charge in [0, 0.05) is 49.7 Å². The van der Waals surface area contributed by atoms with E-state index in [1.54, 1.807) is 11.3 Å². The van der Waals surface area contributed by atoms with Crippen molar-refractivity contribution in [2.75, 3.05) is 19.6 Å². The highest BCUT2D eigenvalue weighted by Gasteiger charge is 2.36. The number of hydrogen-bond donors (Lipinski definition) is 0. The smallest absolute Gasteiger partial charge is 0.223 e. The van der Waals surface area contributed by atoms with Crippen molar-refractivity contribution in [3.8, 4) is 0 Å². The summed E-state index contributed by atoms with van der Waals surface area (Å²) < 4.78 is 0. The lowest BCUT2D eigenvalue weighted by Crippen LogP contribution is -2.47. The van der Waals surface area contributed by atoms with Crippen molar-refractivity contribution < 1.29 is 4.79 Å². The van der Waals surface area contributed by atoms with Crippen LogP contribution in [0.15, 0.2) is 29.9 Å². The van der Waals surface area contributed by atoms with E-state index in [-0.39, 0.29) is 0 Å². The summed E-state index contributed by atoms with van der Waals surface area (Å²) >= 11 is 1.66. The van der Waals surface area contributed by atoms with E-state index in [1.807, 2.05) is 30.8 Å². The van der Waals surface area contributed by atoms with Gasteiger partial charge < -0.3 is 4.90 Å². The zero-order chi connectivity index (χ0) is 17.9. The number of carbonyl (C=O) groups excluding carboxylic acids is 1. The number of nitrogens with zero attached hydrogens (tertiary/aromatic N) is 4. The standard InChI is InChI=1S/C20H26N4OS/c1-15-19(26-14-22-15)7-8-20(25)24-11-16-5-6-18(24)13-23(10-16)12-17-4-2-3-9-21-17/h2-4,9,14,16,18H,5-8,10-13H2,1H3/t16-,18+/m1/s1. The molecule has 1 amide bonds. The third-order valence-electron chi connectivity index (χ3n) is 5.63.